The highest BCUT2D eigenvalue weighted by atomic mass is 31.2. The van der Waals surface area contributed by atoms with E-state index in [0.717, 1.165) is 0 Å². The zero-order chi connectivity index (χ0) is 16.7. The molecular formula is C13H21N4O5P. The van der Waals surface area contributed by atoms with E-state index in [1.807, 2.05) is 0 Å². The van der Waals surface area contributed by atoms with Crippen molar-refractivity contribution in [3.63, 3.8) is 0 Å². The molecule has 0 amide bonds. The van der Waals surface area contributed by atoms with Crippen molar-refractivity contribution in [3.05, 3.63) is 12.7 Å². The smallest absolute Gasteiger partial charge is 0.332 e. The average molecular weight is 344 g/mol. The van der Waals surface area contributed by atoms with Gasteiger partial charge >= 0.3 is 7.60 Å². The van der Waals surface area contributed by atoms with Crippen LogP contribution in [0.15, 0.2) is 12.7 Å². The van der Waals surface area contributed by atoms with E-state index < -0.39 is 7.60 Å². The molecule has 0 fully saturated rings. The van der Waals surface area contributed by atoms with Gasteiger partial charge in [-0.15, -0.1) is 0 Å². The van der Waals surface area contributed by atoms with Gasteiger partial charge in [-0.25, -0.2) is 9.97 Å². The van der Waals surface area contributed by atoms with Gasteiger partial charge in [0.05, 0.1) is 39.4 Å². The largest absolute Gasteiger partial charge is 0.479 e. The number of imidazole rings is 1. The van der Waals surface area contributed by atoms with E-state index in [9.17, 15) is 4.57 Å². The van der Waals surface area contributed by atoms with Crippen LogP contribution in [-0.4, -0.2) is 52.6 Å². The third-order valence-corrected chi connectivity index (χ3v) is 4.99. The van der Waals surface area contributed by atoms with Crippen LogP contribution < -0.4 is 4.74 Å². The van der Waals surface area contributed by atoms with Crippen LogP contribution in [0.3, 0.4) is 0 Å². The first-order valence-corrected chi connectivity index (χ1v) is 9.02. The standard InChI is InChI=1S/C13H21N4O5P/c1-4-21-23(18,22-5-2)7-6-20-10-17-9-16-11-12(17)14-8-15-13(11)19-3/h8-9H,4-7,10H2,1-3H3. The third kappa shape index (κ3) is 4.48. The van der Waals surface area contributed by atoms with E-state index in [1.165, 1.54) is 13.4 Å². The highest BCUT2D eigenvalue weighted by Crippen LogP contribution is 2.47. The number of hydrogen-bond acceptors (Lipinski definition) is 8. The maximum absolute atomic E-state index is 12.3. The minimum atomic E-state index is -3.08. The van der Waals surface area contributed by atoms with Crippen molar-refractivity contribution >= 4 is 18.8 Å². The monoisotopic (exact) mass is 344 g/mol. The van der Waals surface area contributed by atoms with Crippen LogP contribution in [0.2, 0.25) is 0 Å². The Balaban J connectivity index is 1.93. The molecule has 2 aromatic rings. The Morgan fingerprint density at radius 2 is 1.91 bits per heavy atom. The van der Waals surface area contributed by atoms with Crippen molar-refractivity contribution < 1.29 is 23.1 Å². The maximum Gasteiger partial charge on any atom is 0.332 e. The Hall–Kier alpha value is -1.54. The molecule has 10 heteroatoms. The zero-order valence-corrected chi connectivity index (χ0v) is 14.4. The van der Waals surface area contributed by atoms with E-state index in [-0.39, 0.29) is 19.5 Å². The Labute approximate surface area is 134 Å². The van der Waals surface area contributed by atoms with Crippen LogP contribution in [0, 0.1) is 0 Å². The van der Waals surface area contributed by atoms with E-state index in [1.54, 1.807) is 24.7 Å². The van der Waals surface area contributed by atoms with Crippen molar-refractivity contribution in [1.29, 1.82) is 0 Å². The molecule has 0 saturated carbocycles. The van der Waals surface area contributed by atoms with Crippen LogP contribution >= 0.6 is 7.60 Å². The van der Waals surface area contributed by atoms with Crippen LogP contribution in [0.25, 0.3) is 11.2 Å². The molecule has 9 nitrogen and oxygen atoms in total. The van der Waals surface area contributed by atoms with Gasteiger partial charge in [0.2, 0.25) is 5.88 Å². The van der Waals surface area contributed by atoms with Crippen LogP contribution in [0.5, 0.6) is 5.88 Å². The van der Waals surface area contributed by atoms with Crippen molar-refractivity contribution in [1.82, 2.24) is 19.5 Å². The van der Waals surface area contributed by atoms with Gasteiger partial charge < -0.3 is 18.5 Å². The topological polar surface area (TPSA) is 97.6 Å². The molecule has 0 N–H and O–H groups in total. The molecule has 2 heterocycles. The minimum Gasteiger partial charge on any atom is -0.479 e. The van der Waals surface area contributed by atoms with E-state index in [4.69, 9.17) is 18.5 Å². The van der Waals surface area contributed by atoms with Crippen molar-refractivity contribution in [2.24, 2.45) is 0 Å². The number of ether oxygens (including phenoxy) is 2. The lowest BCUT2D eigenvalue weighted by atomic mass is 10.5. The van der Waals surface area contributed by atoms with E-state index >= 15 is 0 Å². The number of hydrogen-bond donors (Lipinski definition) is 0. The lowest BCUT2D eigenvalue weighted by Crippen LogP contribution is -2.09. The fraction of sp³-hybridized carbons (Fsp3) is 0.615. The van der Waals surface area contributed by atoms with Crippen molar-refractivity contribution in [2.45, 2.75) is 20.6 Å². The van der Waals surface area contributed by atoms with Gasteiger partial charge in [0.1, 0.15) is 13.1 Å². The molecule has 23 heavy (non-hydrogen) atoms. The number of fused-ring (bicyclic) bond motifs is 1. The average Bonchev–Trinajstić information content (AvgIpc) is 2.95. The summed E-state index contributed by atoms with van der Waals surface area (Å²) in [5, 5.41) is 0. The van der Waals surface area contributed by atoms with Gasteiger partial charge in [0.15, 0.2) is 11.2 Å². The van der Waals surface area contributed by atoms with Crippen molar-refractivity contribution in [3.8, 4) is 5.88 Å². The molecule has 0 aliphatic rings. The summed E-state index contributed by atoms with van der Waals surface area (Å²) in [7, 11) is -1.56. The molecule has 0 unspecified atom stereocenters. The van der Waals surface area contributed by atoms with E-state index in [2.05, 4.69) is 15.0 Å². The molecule has 0 spiro atoms. The van der Waals surface area contributed by atoms with Gasteiger partial charge in [-0.2, -0.15) is 4.98 Å². The molecule has 0 bridgehead atoms. The lowest BCUT2D eigenvalue weighted by molar-refractivity contribution is 0.0866. The summed E-state index contributed by atoms with van der Waals surface area (Å²) in [6, 6.07) is 0. The Kier molecular flexibility index (Phi) is 6.47. The molecule has 2 rings (SSSR count). The second-order valence-electron chi connectivity index (χ2n) is 4.48. The van der Waals surface area contributed by atoms with Crippen molar-refractivity contribution in [2.75, 3.05) is 33.1 Å². The summed E-state index contributed by atoms with van der Waals surface area (Å²) >= 11 is 0. The fourth-order valence-corrected chi connectivity index (χ4v) is 3.47. The van der Waals surface area contributed by atoms with Gasteiger partial charge in [0.25, 0.3) is 0 Å². The molecule has 2 aromatic heterocycles. The first-order chi connectivity index (χ1) is 11.1. The lowest BCUT2D eigenvalue weighted by Gasteiger charge is -2.16. The summed E-state index contributed by atoms with van der Waals surface area (Å²) in [5.74, 6) is 0.408. The number of nitrogens with zero attached hydrogens (tertiary/aromatic N) is 4. The third-order valence-electron chi connectivity index (χ3n) is 2.95. The maximum atomic E-state index is 12.3. The molecule has 0 aliphatic heterocycles. The summed E-state index contributed by atoms with van der Waals surface area (Å²) in [5.41, 5.74) is 1.17. The molecule has 128 valence electrons. The number of aromatic nitrogens is 4. The van der Waals surface area contributed by atoms with Crippen LogP contribution in [-0.2, 0) is 25.1 Å². The van der Waals surface area contributed by atoms with E-state index in [0.29, 0.717) is 30.3 Å². The molecule has 0 atom stereocenters. The van der Waals surface area contributed by atoms with Gasteiger partial charge in [-0.1, -0.05) is 0 Å². The Morgan fingerprint density at radius 1 is 1.17 bits per heavy atom. The quantitative estimate of drug-likeness (QED) is 0.477. The van der Waals surface area contributed by atoms with Crippen LogP contribution in [0.1, 0.15) is 13.8 Å². The number of methoxy groups -OCH3 is 1. The van der Waals surface area contributed by atoms with Crippen LogP contribution in [0.4, 0.5) is 0 Å². The highest BCUT2D eigenvalue weighted by Gasteiger charge is 2.23. The Morgan fingerprint density at radius 3 is 2.57 bits per heavy atom. The van der Waals surface area contributed by atoms with Gasteiger partial charge in [-0.3, -0.25) is 9.13 Å². The first-order valence-electron chi connectivity index (χ1n) is 7.29. The molecule has 0 aromatic carbocycles. The predicted molar refractivity (Wildman–Crippen MR) is 83.6 cm³/mol. The molecule has 0 radical (unpaired) electrons. The fourth-order valence-electron chi connectivity index (χ4n) is 2.00. The molecule has 0 aliphatic carbocycles. The molecule has 0 saturated heterocycles. The summed E-state index contributed by atoms with van der Waals surface area (Å²) in [6.07, 6.45) is 3.18. The summed E-state index contributed by atoms with van der Waals surface area (Å²) < 4.78 is 35.1. The second kappa shape index (κ2) is 8.35. The molecular weight excluding hydrogens is 323 g/mol. The second-order valence-corrected chi connectivity index (χ2v) is 6.66. The highest BCUT2D eigenvalue weighted by molar-refractivity contribution is 7.53. The Bertz CT molecular complexity index is 667. The number of rotatable bonds is 10. The SMILES string of the molecule is CCOP(=O)(CCOCn1cnc2c(OC)ncnc21)OCC. The summed E-state index contributed by atoms with van der Waals surface area (Å²) in [4.78, 5) is 12.4. The first kappa shape index (κ1) is 17.8. The predicted octanol–water partition coefficient (Wildman–Crippen LogP) is 2.08. The normalized spacial score (nSPS) is 12.0. The van der Waals surface area contributed by atoms with Gasteiger partial charge in [-0.05, 0) is 13.8 Å². The zero-order valence-electron chi connectivity index (χ0n) is 13.5. The summed E-state index contributed by atoms with van der Waals surface area (Å²) in [6.45, 7) is 4.67. The van der Waals surface area contributed by atoms with Gasteiger partial charge in [0, 0.05) is 0 Å². The minimum absolute atomic E-state index is 0.194.